The topological polar surface area (TPSA) is 72.5 Å². The third-order valence-corrected chi connectivity index (χ3v) is 4.13. The first-order valence-electron chi connectivity index (χ1n) is 5.90. The zero-order chi connectivity index (χ0) is 12.3. The minimum atomic E-state index is -0.904. The molecule has 94 valence electrons. The van der Waals surface area contributed by atoms with E-state index in [1.807, 2.05) is 13.8 Å². The quantitative estimate of drug-likeness (QED) is 0.768. The Morgan fingerprint density at radius 3 is 2.25 bits per heavy atom. The Kier molecular flexibility index (Phi) is 4.33. The molecule has 1 atom stereocenters. The minimum Gasteiger partial charge on any atom is -0.480 e. The molecule has 0 aromatic rings. The van der Waals surface area contributed by atoms with Gasteiger partial charge in [-0.15, -0.1) is 0 Å². The molecule has 1 rings (SSSR count). The van der Waals surface area contributed by atoms with Gasteiger partial charge >= 0.3 is 5.97 Å². The highest BCUT2D eigenvalue weighted by atomic mass is 16.5. The number of ether oxygens (including phenoxy) is 1. The molecule has 1 aliphatic carbocycles. The van der Waals surface area contributed by atoms with Crippen LogP contribution in [0.5, 0.6) is 0 Å². The third-order valence-electron chi connectivity index (χ3n) is 4.13. The number of aliphatic carboxylic acids is 1. The number of rotatable bonds is 4. The number of carboxylic acid groups (broad SMARTS) is 1. The van der Waals surface area contributed by atoms with Gasteiger partial charge in [-0.2, -0.15) is 0 Å². The highest BCUT2D eigenvalue weighted by molar-refractivity contribution is 5.74. The molecule has 3 N–H and O–H groups in total. The lowest BCUT2D eigenvalue weighted by atomic mass is 9.67. The van der Waals surface area contributed by atoms with Crippen LogP contribution in [-0.4, -0.2) is 30.3 Å². The molecule has 0 aromatic heterocycles. The van der Waals surface area contributed by atoms with Gasteiger partial charge < -0.3 is 15.6 Å². The first-order valence-corrected chi connectivity index (χ1v) is 5.90. The molecule has 4 nitrogen and oxygen atoms in total. The van der Waals surface area contributed by atoms with Crippen LogP contribution in [0.1, 0.15) is 39.5 Å². The highest BCUT2D eigenvalue weighted by Gasteiger charge is 2.40. The maximum absolute atomic E-state index is 11.0. The molecule has 0 aliphatic heterocycles. The molecule has 1 fully saturated rings. The summed E-state index contributed by atoms with van der Waals surface area (Å²) in [6, 6.07) is -0.781. The van der Waals surface area contributed by atoms with E-state index in [0.29, 0.717) is 12.0 Å². The van der Waals surface area contributed by atoms with E-state index in [1.54, 1.807) is 7.11 Å². The van der Waals surface area contributed by atoms with Crippen molar-refractivity contribution in [2.45, 2.75) is 51.7 Å². The van der Waals surface area contributed by atoms with Crippen LogP contribution in [0.2, 0.25) is 0 Å². The van der Waals surface area contributed by atoms with E-state index in [2.05, 4.69) is 0 Å². The van der Waals surface area contributed by atoms with Gasteiger partial charge in [-0.3, -0.25) is 4.79 Å². The van der Waals surface area contributed by atoms with Gasteiger partial charge in [-0.05, 0) is 37.0 Å². The van der Waals surface area contributed by atoms with Crippen molar-refractivity contribution in [1.29, 1.82) is 0 Å². The van der Waals surface area contributed by atoms with Gasteiger partial charge in [-0.1, -0.05) is 13.8 Å². The van der Waals surface area contributed by atoms with Crippen LogP contribution >= 0.6 is 0 Å². The molecule has 0 spiro atoms. The molecular weight excluding hydrogens is 206 g/mol. The normalized spacial score (nSPS) is 28.8. The molecule has 0 radical (unpaired) electrons. The molecule has 1 aliphatic rings. The number of hydrogen-bond donors (Lipinski definition) is 2. The Morgan fingerprint density at radius 1 is 1.38 bits per heavy atom. The SMILES string of the molecule is COC1CCC(C(C)(C)C(N)C(=O)O)CC1. The minimum absolute atomic E-state index is 0.341. The summed E-state index contributed by atoms with van der Waals surface area (Å²) in [7, 11) is 1.74. The van der Waals surface area contributed by atoms with Crippen molar-refractivity contribution in [1.82, 2.24) is 0 Å². The van der Waals surface area contributed by atoms with Gasteiger partial charge in [0.05, 0.1) is 6.10 Å². The van der Waals surface area contributed by atoms with Crippen LogP contribution in [0.15, 0.2) is 0 Å². The zero-order valence-corrected chi connectivity index (χ0v) is 10.4. The average Bonchev–Trinajstić information content (AvgIpc) is 2.28. The van der Waals surface area contributed by atoms with Gasteiger partial charge in [0.1, 0.15) is 6.04 Å². The molecule has 1 saturated carbocycles. The van der Waals surface area contributed by atoms with Crippen molar-refractivity contribution in [2.24, 2.45) is 17.1 Å². The number of nitrogens with two attached hydrogens (primary N) is 1. The maximum Gasteiger partial charge on any atom is 0.321 e. The van der Waals surface area contributed by atoms with Crippen LogP contribution < -0.4 is 5.73 Å². The second kappa shape index (κ2) is 5.15. The zero-order valence-electron chi connectivity index (χ0n) is 10.4. The Bertz CT molecular complexity index is 245. The monoisotopic (exact) mass is 229 g/mol. The molecule has 0 heterocycles. The van der Waals surface area contributed by atoms with E-state index < -0.39 is 12.0 Å². The van der Waals surface area contributed by atoms with Crippen LogP contribution in [0.3, 0.4) is 0 Å². The van der Waals surface area contributed by atoms with E-state index in [-0.39, 0.29) is 5.41 Å². The lowest BCUT2D eigenvalue weighted by Crippen LogP contribution is -2.49. The Balaban J connectivity index is 2.60. The van der Waals surface area contributed by atoms with Gasteiger partial charge in [0, 0.05) is 7.11 Å². The van der Waals surface area contributed by atoms with Crippen molar-refractivity contribution in [3.63, 3.8) is 0 Å². The van der Waals surface area contributed by atoms with Crippen LogP contribution in [0.25, 0.3) is 0 Å². The van der Waals surface area contributed by atoms with Gasteiger partial charge in [-0.25, -0.2) is 0 Å². The van der Waals surface area contributed by atoms with E-state index >= 15 is 0 Å². The van der Waals surface area contributed by atoms with Crippen molar-refractivity contribution in [2.75, 3.05) is 7.11 Å². The molecule has 0 bridgehead atoms. The Morgan fingerprint density at radius 2 is 1.88 bits per heavy atom. The summed E-state index contributed by atoms with van der Waals surface area (Å²) < 4.78 is 5.31. The molecular formula is C12H23NO3. The summed E-state index contributed by atoms with van der Waals surface area (Å²) in [5.74, 6) is -0.524. The second-order valence-electron chi connectivity index (χ2n) is 5.35. The summed E-state index contributed by atoms with van der Waals surface area (Å²) in [6.07, 6.45) is 4.38. The largest absolute Gasteiger partial charge is 0.480 e. The average molecular weight is 229 g/mol. The highest BCUT2D eigenvalue weighted by Crippen LogP contribution is 2.40. The van der Waals surface area contributed by atoms with Crippen molar-refractivity contribution >= 4 is 5.97 Å². The summed E-state index contributed by atoms with van der Waals surface area (Å²) >= 11 is 0. The maximum atomic E-state index is 11.0. The fourth-order valence-corrected chi connectivity index (χ4v) is 2.61. The van der Waals surface area contributed by atoms with Gasteiger partial charge in [0.25, 0.3) is 0 Å². The Hall–Kier alpha value is -0.610. The number of methoxy groups -OCH3 is 1. The fourth-order valence-electron chi connectivity index (χ4n) is 2.61. The standard InChI is InChI=1S/C12H23NO3/c1-12(2,10(13)11(14)15)8-4-6-9(16-3)7-5-8/h8-10H,4-7,13H2,1-3H3,(H,14,15). The van der Waals surface area contributed by atoms with Gasteiger partial charge in [0.15, 0.2) is 0 Å². The molecule has 0 amide bonds. The molecule has 0 aromatic carbocycles. The predicted molar refractivity (Wildman–Crippen MR) is 62.1 cm³/mol. The lowest BCUT2D eigenvalue weighted by molar-refractivity contribution is -0.142. The smallest absolute Gasteiger partial charge is 0.321 e. The second-order valence-corrected chi connectivity index (χ2v) is 5.35. The van der Waals surface area contributed by atoms with E-state index in [1.165, 1.54) is 0 Å². The molecule has 16 heavy (non-hydrogen) atoms. The first-order chi connectivity index (χ1) is 7.39. The van der Waals surface area contributed by atoms with Crippen molar-refractivity contribution < 1.29 is 14.6 Å². The van der Waals surface area contributed by atoms with E-state index in [0.717, 1.165) is 25.7 Å². The van der Waals surface area contributed by atoms with Crippen molar-refractivity contribution in [3.05, 3.63) is 0 Å². The number of hydrogen-bond acceptors (Lipinski definition) is 3. The molecule has 1 unspecified atom stereocenters. The van der Waals surface area contributed by atoms with Crippen molar-refractivity contribution in [3.8, 4) is 0 Å². The van der Waals surface area contributed by atoms with E-state index in [4.69, 9.17) is 15.6 Å². The fraction of sp³-hybridized carbons (Fsp3) is 0.917. The Labute approximate surface area is 97.2 Å². The summed E-state index contributed by atoms with van der Waals surface area (Å²) in [4.78, 5) is 11.0. The predicted octanol–water partition coefficient (Wildman–Crippen LogP) is 1.63. The van der Waals surface area contributed by atoms with Crippen LogP contribution in [0.4, 0.5) is 0 Å². The number of carbonyl (C=O) groups is 1. The van der Waals surface area contributed by atoms with Crippen LogP contribution in [-0.2, 0) is 9.53 Å². The molecule has 4 heteroatoms. The lowest BCUT2D eigenvalue weighted by Gasteiger charge is -2.41. The summed E-state index contributed by atoms with van der Waals surface area (Å²) in [6.45, 7) is 3.92. The van der Waals surface area contributed by atoms with Gasteiger partial charge in [0.2, 0.25) is 0 Å². The summed E-state index contributed by atoms with van der Waals surface area (Å²) in [5, 5.41) is 9.00. The first kappa shape index (κ1) is 13.5. The number of carboxylic acids is 1. The third kappa shape index (κ3) is 2.74. The van der Waals surface area contributed by atoms with Crippen LogP contribution in [0, 0.1) is 11.3 Å². The van der Waals surface area contributed by atoms with E-state index in [9.17, 15) is 4.79 Å². The summed E-state index contributed by atoms with van der Waals surface area (Å²) in [5.41, 5.74) is 5.42. The molecule has 0 saturated heterocycles.